The molecule has 1 aromatic carbocycles. The SMILES string of the molecule is COc1ccc(N(C)CC2(C=O)CCOC2)cc1. The minimum Gasteiger partial charge on any atom is -0.497 e. The fourth-order valence-electron chi connectivity index (χ4n) is 2.28. The van der Waals surface area contributed by atoms with E-state index in [1.54, 1.807) is 7.11 Å². The second kappa shape index (κ2) is 5.40. The van der Waals surface area contributed by atoms with E-state index in [9.17, 15) is 4.79 Å². The van der Waals surface area contributed by atoms with Crippen molar-refractivity contribution in [2.45, 2.75) is 6.42 Å². The summed E-state index contributed by atoms with van der Waals surface area (Å²) in [5, 5.41) is 0. The number of carbonyl (C=O) groups is 1. The summed E-state index contributed by atoms with van der Waals surface area (Å²) >= 11 is 0. The van der Waals surface area contributed by atoms with E-state index in [-0.39, 0.29) is 5.41 Å². The predicted octanol–water partition coefficient (Wildman–Crippen LogP) is 1.74. The molecule has 98 valence electrons. The number of hydrogen-bond acceptors (Lipinski definition) is 4. The Labute approximate surface area is 107 Å². The molecule has 1 aliphatic rings. The fourth-order valence-corrected chi connectivity index (χ4v) is 2.28. The van der Waals surface area contributed by atoms with Gasteiger partial charge >= 0.3 is 0 Å². The van der Waals surface area contributed by atoms with E-state index in [4.69, 9.17) is 9.47 Å². The van der Waals surface area contributed by atoms with E-state index in [2.05, 4.69) is 4.90 Å². The first-order valence-electron chi connectivity index (χ1n) is 6.08. The highest BCUT2D eigenvalue weighted by molar-refractivity contribution is 5.62. The molecule has 18 heavy (non-hydrogen) atoms. The zero-order valence-corrected chi connectivity index (χ0v) is 10.9. The molecule has 2 rings (SSSR count). The van der Waals surface area contributed by atoms with Crippen LogP contribution < -0.4 is 9.64 Å². The lowest BCUT2D eigenvalue weighted by molar-refractivity contribution is -0.115. The highest BCUT2D eigenvalue weighted by Crippen LogP contribution is 2.29. The molecule has 0 spiro atoms. The molecule has 0 aliphatic carbocycles. The molecule has 1 unspecified atom stereocenters. The maximum atomic E-state index is 11.3. The molecule has 0 bridgehead atoms. The van der Waals surface area contributed by atoms with Gasteiger partial charge in [0.15, 0.2) is 0 Å². The molecule has 1 aliphatic heterocycles. The Kier molecular flexibility index (Phi) is 3.87. The largest absolute Gasteiger partial charge is 0.497 e. The molecule has 0 aromatic heterocycles. The van der Waals surface area contributed by atoms with Gasteiger partial charge in [0.25, 0.3) is 0 Å². The van der Waals surface area contributed by atoms with Crippen molar-refractivity contribution in [3.63, 3.8) is 0 Å². The Morgan fingerprint density at radius 2 is 2.17 bits per heavy atom. The number of benzene rings is 1. The van der Waals surface area contributed by atoms with Gasteiger partial charge in [-0.05, 0) is 30.7 Å². The Morgan fingerprint density at radius 1 is 1.44 bits per heavy atom. The summed E-state index contributed by atoms with van der Waals surface area (Å²) in [4.78, 5) is 13.4. The number of nitrogens with zero attached hydrogens (tertiary/aromatic N) is 1. The van der Waals surface area contributed by atoms with Crippen LogP contribution in [0.25, 0.3) is 0 Å². The lowest BCUT2D eigenvalue weighted by Gasteiger charge is -2.28. The van der Waals surface area contributed by atoms with Crippen molar-refractivity contribution in [3.8, 4) is 5.75 Å². The van der Waals surface area contributed by atoms with E-state index in [1.165, 1.54) is 0 Å². The third-order valence-electron chi connectivity index (χ3n) is 3.45. The Hall–Kier alpha value is -1.55. The predicted molar refractivity (Wildman–Crippen MR) is 70.2 cm³/mol. The maximum Gasteiger partial charge on any atom is 0.130 e. The fraction of sp³-hybridized carbons (Fsp3) is 0.500. The molecule has 0 N–H and O–H groups in total. The van der Waals surface area contributed by atoms with Gasteiger partial charge in [-0.3, -0.25) is 0 Å². The first-order valence-corrected chi connectivity index (χ1v) is 6.08. The van der Waals surface area contributed by atoms with Gasteiger partial charge < -0.3 is 19.2 Å². The number of anilines is 1. The Balaban J connectivity index is 2.06. The van der Waals surface area contributed by atoms with Gasteiger partial charge in [-0.25, -0.2) is 0 Å². The van der Waals surface area contributed by atoms with Crippen LogP contribution in [0.1, 0.15) is 6.42 Å². The van der Waals surface area contributed by atoms with Crippen molar-refractivity contribution in [2.75, 3.05) is 38.8 Å². The highest BCUT2D eigenvalue weighted by atomic mass is 16.5. The van der Waals surface area contributed by atoms with Gasteiger partial charge in [0.1, 0.15) is 12.0 Å². The lowest BCUT2D eigenvalue weighted by atomic mass is 9.88. The molecule has 1 heterocycles. The van der Waals surface area contributed by atoms with Gasteiger partial charge in [-0.1, -0.05) is 0 Å². The molecule has 1 fully saturated rings. The molecule has 4 nitrogen and oxygen atoms in total. The molecular weight excluding hydrogens is 230 g/mol. The third-order valence-corrected chi connectivity index (χ3v) is 3.45. The number of rotatable bonds is 5. The van der Waals surface area contributed by atoms with Crippen LogP contribution in [-0.4, -0.2) is 40.2 Å². The summed E-state index contributed by atoms with van der Waals surface area (Å²) < 4.78 is 10.5. The van der Waals surface area contributed by atoms with E-state index < -0.39 is 0 Å². The van der Waals surface area contributed by atoms with Gasteiger partial charge in [0, 0.05) is 25.9 Å². The van der Waals surface area contributed by atoms with Crippen LogP contribution in [0.4, 0.5) is 5.69 Å². The van der Waals surface area contributed by atoms with Crippen molar-refractivity contribution < 1.29 is 14.3 Å². The smallest absolute Gasteiger partial charge is 0.130 e. The number of aldehydes is 1. The highest BCUT2D eigenvalue weighted by Gasteiger charge is 2.35. The minimum absolute atomic E-state index is 0.353. The molecule has 0 radical (unpaired) electrons. The number of carbonyl (C=O) groups excluding carboxylic acids is 1. The number of hydrogen-bond donors (Lipinski definition) is 0. The number of methoxy groups -OCH3 is 1. The van der Waals surface area contributed by atoms with E-state index in [1.807, 2.05) is 31.3 Å². The summed E-state index contributed by atoms with van der Waals surface area (Å²) in [5.74, 6) is 0.835. The third kappa shape index (κ3) is 2.64. The first-order chi connectivity index (χ1) is 8.69. The maximum absolute atomic E-state index is 11.3. The summed E-state index contributed by atoms with van der Waals surface area (Å²) in [6.45, 7) is 1.88. The number of ether oxygens (including phenoxy) is 2. The molecule has 4 heteroatoms. The summed E-state index contributed by atoms with van der Waals surface area (Å²) in [5.41, 5.74) is 0.721. The van der Waals surface area contributed by atoms with Gasteiger partial charge in [0.05, 0.1) is 19.1 Å². The van der Waals surface area contributed by atoms with Crippen LogP contribution >= 0.6 is 0 Å². The van der Waals surface area contributed by atoms with Crippen LogP contribution in [0.15, 0.2) is 24.3 Å². The normalized spacial score (nSPS) is 22.8. The lowest BCUT2D eigenvalue weighted by Crippen LogP contribution is -2.37. The van der Waals surface area contributed by atoms with Crippen molar-refractivity contribution in [2.24, 2.45) is 5.41 Å². The van der Waals surface area contributed by atoms with E-state index in [0.29, 0.717) is 19.8 Å². The van der Waals surface area contributed by atoms with Crippen LogP contribution in [0, 0.1) is 5.41 Å². The quantitative estimate of drug-likeness (QED) is 0.745. The first kappa shape index (κ1) is 12.9. The molecule has 1 saturated heterocycles. The molecule has 0 saturated carbocycles. The molecule has 0 amide bonds. The van der Waals surface area contributed by atoms with Crippen LogP contribution in [0.2, 0.25) is 0 Å². The molecule has 1 aromatic rings. The molecule has 1 atom stereocenters. The average Bonchev–Trinajstić information content (AvgIpc) is 2.88. The second-order valence-corrected chi connectivity index (χ2v) is 4.84. The summed E-state index contributed by atoms with van der Waals surface area (Å²) in [6, 6.07) is 7.83. The Morgan fingerprint density at radius 3 is 2.67 bits per heavy atom. The standard InChI is InChI=1S/C14H19NO3/c1-15(9-14(10-16)7-8-18-11-14)12-3-5-13(17-2)6-4-12/h3-6,10H,7-9,11H2,1-2H3. The van der Waals surface area contributed by atoms with Gasteiger partial charge in [-0.2, -0.15) is 0 Å². The van der Waals surface area contributed by atoms with Crippen molar-refractivity contribution in [1.82, 2.24) is 0 Å². The van der Waals surface area contributed by atoms with Gasteiger partial charge in [0.2, 0.25) is 0 Å². The second-order valence-electron chi connectivity index (χ2n) is 4.84. The van der Waals surface area contributed by atoms with Gasteiger partial charge in [-0.15, -0.1) is 0 Å². The summed E-state index contributed by atoms with van der Waals surface area (Å²) in [6.07, 6.45) is 1.84. The van der Waals surface area contributed by atoms with E-state index in [0.717, 1.165) is 24.1 Å². The van der Waals surface area contributed by atoms with Crippen LogP contribution in [-0.2, 0) is 9.53 Å². The van der Waals surface area contributed by atoms with Crippen LogP contribution in [0.3, 0.4) is 0 Å². The minimum atomic E-state index is -0.353. The van der Waals surface area contributed by atoms with Crippen molar-refractivity contribution in [1.29, 1.82) is 0 Å². The Bertz CT molecular complexity index is 396. The van der Waals surface area contributed by atoms with Crippen LogP contribution in [0.5, 0.6) is 5.75 Å². The molecular formula is C14H19NO3. The summed E-state index contributed by atoms with van der Waals surface area (Å²) in [7, 11) is 3.64. The topological polar surface area (TPSA) is 38.8 Å². The average molecular weight is 249 g/mol. The zero-order chi connectivity index (χ0) is 13.0. The van der Waals surface area contributed by atoms with E-state index >= 15 is 0 Å². The van der Waals surface area contributed by atoms with Crippen molar-refractivity contribution in [3.05, 3.63) is 24.3 Å². The zero-order valence-electron chi connectivity index (χ0n) is 10.9. The van der Waals surface area contributed by atoms with Crippen molar-refractivity contribution >= 4 is 12.0 Å². The monoisotopic (exact) mass is 249 g/mol.